The summed E-state index contributed by atoms with van der Waals surface area (Å²) in [5.41, 5.74) is 3.68. The molecular weight excluding hydrogens is 412 g/mol. The molecule has 0 spiro atoms. The predicted molar refractivity (Wildman–Crippen MR) is 119 cm³/mol. The number of hydrogen-bond acceptors (Lipinski definition) is 6. The van der Waals surface area contributed by atoms with Crippen LogP contribution < -0.4 is 0 Å². The molecule has 2 aromatic rings. The van der Waals surface area contributed by atoms with E-state index in [9.17, 15) is 19.2 Å². The number of aromatic nitrogens is 2. The van der Waals surface area contributed by atoms with Crippen molar-refractivity contribution in [3.63, 3.8) is 0 Å². The fourth-order valence-corrected chi connectivity index (χ4v) is 3.59. The highest BCUT2D eigenvalue weighted by Crippen LogP contribution is 2.28. The molecule has 0 fully saturated rings. The van der Waals surface area contributed by atoms with Gasteiger partial charge in [-0.05, 0) is 63.8 Å². The van der Waals surface area contributed by atoms with Crippen LogP contribution in [0.2, 0.25) is 0 Å². The Kier molecular flexibility index (Phi) is 7.83. The van der Waals surface area contributed by atoms with Crippen molar-refractivity contribution in [2.24, 2.45) is 11.8 Å². The van der Waals surface area contributed by atoms with Crippen LogP contribution in [0, 0.1) is 39.5 Å². The first-order valence-electron chi connectivity index (χ1n) is 10.8. The van der Waals surface area contributed by atoms with E-state index in [-0.39, 0.29) is 36.2 Å². The van der Waals surface area contributed by atoms with Crippen molar-refractivity contribution in [2.75, 3.05) is 13.2 Å². The minimum atomic E-state index is -0.664. The van der Waals surface area contributed by atoms with Gasteiger partial charge < -0.3 is 19.4 Å². The normalized spacial score (nSPS) is 12.9. The molecule has 0 saturated heterocycles. The topological polar surface area (TPSA) is 118 Å². The highest BCUT2D eigenvalue weighted by molar-refractivity contribution is 6.06. The molecule has 0 radical (unpaired) electrons. The number of rotatable bonds is 9. The Balaban J connectivity index is 2.32. The number of nitrogens with one attached hydrogen (secondary N) is 2. The first-order chi connectivity index (χ1) is 15.0. The summed E-state index contributed by atoms with van der Waals surface area (Å²) in [6, 6.07) is 0. The zero-order chi connectivity index (χ0) is 24.3. The van der Waals surface area contributed by atoms with Crippen LogP contribution in [0.15, 0.2) is 0 Å². The van der Waals surface area contributed by atoms with E-state index < -0.39 is 23.8 Å². The number of carbonyl (C=O) groups excluding carboxylic acids is 4. The van der Waals surface area contributed by atoms with Gasteiger partial charge in [0.2, 0.25) is 0 Å². The fraction of sp³-hybridized carbons (Fsp3) is 0.500. The smallest absolute Gasteiger partial charge is 0.355 e. The number of esters is 2. The number of ketones is 2. The average molecular weight is 445 g/mol. The van der Waals surface area contributed by atoms with Crippen molar-refractivity contribution in [1.29, 1.82) is 0 Å². The standard InChI is InChI=1S/C24H32N2O6/c1-9-31-23(29)19-13(5)11(3)17(25-19)21(27)15(7)16(8)22(28)18-12(4)14(6)20(26-18)24(30)32-10-2/h15-16,25-26H,9-10H2,1-8H3. The van der Waals surface area contributed by atoms with E-state index in [2.05, 4.69) is 9.97 Å². The van der Waals surface area contributed by atoms with Gasteiger partial charge >= 0.3 is 11.9 Å². The van der Waals surface area contributed by atoms with Gasteiger partial charge in [0.1, 0.15) is 11.4 Å². The Morgan fingerprint density at radius 2 is 0.906 bits per heavy atom. The summed E-state index contributed by atoms with van der Waals surface area (Å²) in [5, 5.41) is 0. The first kappa shape index (κ1) is 25.1. The van der Waals surface area contributed by atoms with Gasteiger partial charge in [-0.2, -0.15) is 0 Å². The van der Waals surface area contributed by atoms with Gasteiger partial charge in [0.15, 0.2) is 11.6 Å². The van der Waals surface area contributed by atoms with Gasteiger partial charge in [-0.25, -0.2) is 9.59 Å². The van der Waals surface area contributed by atoms with E-state index in [0.717, 1.165) is 0 Å². The van der Waals surface area contributed by atoms with Crippen LogP contribution in [0.25, 0.3) is 0 Å². The number of Topliss-reactive ketones (excluding diaryl/α,β-unsaturated/α-hetero) is 2. The molecule has 0 aliphatic heterocycles. The fourth-order valence-electron chi connectivity index (χ4n) is 3.59. The minimum absolute atomic E-state index is 0.226. The van der Waals surface area contributed by atoms with Crippen molar-refractivity contribution in [3.8, 4) is 0 Å². The van der Waals surface area contributed by atoms with Crippen molar-refractivity contribution in [1.82, 2.24) is 9.97 Å². The van der Waals surface area contributed by atoms with Gasteiger partial charge in [0, 0.05) is 11.8 Å². The van der Waals surface area contributed by atoms with E-state index >= 15 is 0 Å². The lowest BCUT2D eigenvalue weighted by molar-refractivity contribution is 0.0509. The predicted octanol–water partition coefficient (Wildman–Crippen LogP) is 4.27. The zero-order valence-electron chi connectivity index (χ0n) is 20.0. The summed E-state index contributed by atoms with van der Waals surface area (Å²) >= 11 is 0. The second kappa shape index (κ2) is 9.97. The molecule has 174 valence electrons. The maximum Gasteiger partial charge on any atom is 0.355 e. The maximum absolute atomic E-state index is 13.2. The number of ether oxygens (including phenoxy) is 2. The molecule has 0 saturated carbocycles. The second-order valence-electron chi connectivity index (χ2n) is 8.00. The minimum Gasteiger partial charge on any atom is -0.461 e. The third kappa shape index (κ3) is 4.54. The monoisotopic (exact) mass is 444 g/mol. The van der Waals surface area contributed by atoms with Crippen molar-refractivity contribution in [2.45, 2.75) is 55.4 Å². The molecule has 0 aliphatic carbocycles. The van der Waals surface area contributed by atoms with E-state index in [1.54, 1.807) is 55.4 Å². The lowest BCUT2D eigenvalue weighted by Gasteiger charge is -2.17. The molecule has 2 heterocycles. The van der Waals surface area contributed by atoms with Crippen LogP contribution in [0.1, 0.15) is 91.9 Å². The molecule has 2 rings (SSSR count). The van der Waals surface area contributed by atoms with Gasteiger partial charge in [-0.3, -0.25) is 9.59 Å². The Bertz CT molecular complexity index is 975. The van der Waals surface area contributed by atoms with Gasteiger partial charge in [-0.15, -0.1) is 0 Å². The molecule has 2 unspecified atom stereocenters. The number of carbonyl (C=O) groups is 4. The summed E-state index contributed by atoms with van der Waals surface area (Å²) < 4.78 is 10.1. The maximum atomic E-state index is 13.2. The van der Waals surface area contributed by atoms with Crippen LogP contribution in [0.3, 0.4) is 0 Å². The van der Waals surface area contributed by atoms with Crippen LogP contribution in [0.5, 0.6) is 0 Å². The highest BCUT2D eigenvalue weighted by atomic mass is 16.5. The van der Waals surface area contributed by atoms with Gasteiger partial charge in [-0.1, -0.05) is 13.8 Å². The van der Waals surface area contributed by atoms with Crippen molar-refractivity contribution < 1.29 is 28.7 Å². The Hall–Kier alpha value is -3.16. The Morgan fingerprint density at radius 1 is 0.625 bits per heavy atom. The summed E-state index contributed by atoms with van der Waals surface area (Å²) in [6.45, 7) is 14.2. The summed E-state index contributed by atoms with van der Waals surface area (Å²) in [4.78, 5) is 56.6. The van der Waals surface area contributed by atoms with Gasteiger partial charge in [0.05, 0.1) is 24.6 Å². The first-order valence-corrected chi connectivity index (χ1v) is 10.8. The molecular formula is C24H32N2O6. The average Bonchev–Trinajstić information content (AvgIpc) is 3.22. The van der Waals surface area contributed by atoms with Crippen LogP contribution >= 0.6 is 0 Å². The molecule has 8 nitrogen and oxygen atoms in total. The van der Waals surface area contributed by atoms with Crippen LogP contribution in [-0.2, 0) is 9.47 Å². The molecule has 0 amide bonds. The summed E-state index contributed by atoms with van der Waals surface area (Å²) in [7, 11) is 0. The van der Waals surface area contributed by atoms with E-state index in [1.807, 2.05) is 0 Å². The number of aromatic amines is 2. The summed E-state index contributed by atoms with van der Waals surface area (Å²) in [6.07, 6.45) is 0. The number of H-pyrrole nitrogens is 2. The molecule has 8 heteroatoms. The Morgan fingerprint density at radius 3 is 1.19 bits per heavy atom. The number of hydrogen-bond donors (Lipinski definition) is 2. The molecule has 32 heavy (non-hydrogen) atoms. The molecule has 2 aromatic heterocycles. The molecule has 2 N–H and O–H groups in total. The quantitative estimate of drug-likeness (QED) is 0.440. The third-order valence-corrected chi connectivity index (χ3v) is 6.15. The van der Waals surface area contributed by atoms with Crippen molar-refractivity contribution >= 4 is 23.5 Å². The molecule has 0 aliphatic rings. The molecule has 0 bridgehead atoms. The van der Waals surface area contributed by atoms with Crippen molar-refractivity contribution in [3.05, 3.63) is 45.0 Å². The lowest BCUT2D eigenvalue weighted by Crippen LogP contribution is -2.27. The van der Waals surface area contributed by atoms with Gasteiger partial charge in [0.25, 0.3) is 0 Å². The third-order valence-electron chi connectivity index (χ3n) is 6.15. The largest absolute Gasteiger partial charge is 0.461 e. The van der Waals surface area contributed by atoms with Crippen LogP contribution in [-0.4, -0.2) is 46.7 Å². The summed E-state index contributed by atoms with van der Waals surface area (Å²) in [5.74, 6) is -2.91. The van der Waals surface area contributed by atoms with Crippen LogP contribution in [0.4, 0.5) is 0 Å². The zero-order valence-corrected chi connectivity index (χ0v) is 20.0. The Labute approximate surface area is 188 Å². The highest BCUT2D eigenvalue weighted by Gasteiger charge is 2.33. The molecule has 2 atom stereocenters. The SMILES string of the molecule is CCOC(=O)c1[nH]c(C(=O)C(C)C(C)C(=O)c2[nH]c(C(=O)OCC)c(C)c2C)c(C)c1C. The lowest BCUT2D eigenvalue weighted by atomic mass is 9.84. The van der Waals surface area contributed by atoms with E-state index in [0.29, 0.717) is 33.6 Å². The molecule has 0 aromatic carbocycles. The second-order valence-corrected chi connectivity index (χ2v) is 8.00. The van der Waals surface area contributed by atoms with E-state index in [4.69, 9.17) is 9.47 Å². The van der Waals surface area contributed by atoms with E-state index in [1.165, 1.54) is 0 Å².